The molecule has 0 aliphatic carbocycles. The summed E-state index contributed by atoms with van der Waals surface area (Å²) in [4.78, 5) is 39.3. The molecule has 0 radical (unpaired) electrons. The van der Waals surface area contributed by atoms with Crippen molar-refractivity contribution < 1.29 is 24.2 Å². The maximum atomic E-state index is 13.0. The second-order valence-electron chi connectivity index (χ2n) is 6.10. The van der Waals surface area contributed by atoms with Gasteiger partial charge in [-0.05, 0) is 18.2 Å². The van der Waals surface area contributed by atoms with E-state index in [9.17, 15) is 14.4 Å². The molecule has 2 fully saturated rings. The fourth-order valence-electron chi connectivity index (χ4n) is 3.19. The van der Waals surface area contributed by atoms with Crippen LogP contribution in [0, 0.1) is 0 Å². The first kappa shape index (κ1) is 18.4. The number of amides is 3. The van der Waals surface area contributed by atoms with Gasteiger partial charge in [-0.3, -0.25) is 14.5 Å². The van der Waals surface area contributed by atoms with Crippen molar-refractivity contribution in [3.63, 3.8) is 0 Å². The molecule has 9 heteroatoms. The molecule has 1 atom stereocenters. The van der Waals surface area contributed by atoms with E-state index >= 15 is 0 Å². The van der Waals surface area contributed by atoms with Gasteiger partial charge >= 0.3 is 12.0 Å². The first-order chi connectivity index (χ1) is 12.5. The number of methoxy groups -OCH3 is 1. The van der Waals surface area contributed by atoms with Gasteiger partial charge < -0.3 is 20.1 Å². The molecule has 26 heavy (non-hydrogen) atoms. The molecule has 140 valence electrons. The van der Waals surface area contributed by atoms with Crippen molar-refractivity contribution in [3.05, 3.63) is 23.8 Å². The second kappa shape index (κ2) is 7.86. The Kier molecular flexibility index (Phi) is 5.55. The van der Waals surface area contributed by atoms with E-state index < -0.39 is 5.97 Å². The molecule has 2 aliphatic rings. The molecule has 3 rings (SSSR count). The van der Waals surface area contributed by atoms with E-state index in [1.54, 1.807) is 34.9 Å². The van der Waals surface area contributed by atoms with Crippen LogP contribution in [0.1, 0.15) is 16.8 Å². The lowest BCUT2D eigenvalue weighted by atomic mass is 10.1. The van der Waals surface area contributed by atoms with Crippen LogP contribution in [0.2, 0.25) is 0 Å². The van der Waals surface area contributed by atoms with Gasteiger partial charge in [0.2, 0.25) is 0 Å². The van der Waals surface area contributed by atoms with Crippen LogP contribution in [-0.4, -0.2) is 72.2 Å². The monoisotopic (exact) mass is 379 g/mol. The van der Waals surface area contributed by atoms with Crippen molar-refractivity contribution >= 4 is 35.4 Å². The van der Waals surface area contributed by atoms with E-state index in [1.807, 2.05) is 0 Å². The van der Waals surface area contributed by atoms with Crippen LogP contribution in [0.25, 0.3) is 0 Å². The highest BCUT2D eigenvalue weighted by Crippen LogP contribution is 2.31. The number of urea groups is 1. The van der Waals surface area contributed by atoms with E-state index in [0.29, 0.717) is 42.4 Å². The number of nitrogens with one attached hydrogen (secondary N) is 1. The molecular formula is C17H21N3O5S. The molecule has 1 aromatic rings. The highest BCUT2D eigenvalue weighted by atomic mass is 32.2. The number of nitrogens with zero attached hydrogens (tertiary/aromatic N) is 2. The zero-order chi connectivity index (χ0) is 18.7. The lowest BCUT2D eigenvalue weighted by Gasteiger charge is -2.35. The number of hydrogen-bond acceptors (Lipinski definition) is 5. The van der Waals surface area contributed by atoms with Crippen LogP contribution >= 0.6 is 11.8 Å². The number of benzene rings is 1. The van der Waals surface area contributed by atoms with Crippen LogP contribution in [0.4, 0.5) is 10.5 Å². The summed E-state index contributed by atoms with van der Waals surface area (Å²) >= 11 is 1.65. The number of aliphatic carboxylic acids is 1. The third-order valence-corrected chi connectivity index (χ3v) is 5.56. The largest absolute Gasteiger partial charge is 0.495 e. The Bertz CT molecular complexity index is 726. The van der Waals surface area contributed by atoms with E-state index in [-0.39, 0.29) is 24.4 Å². The van der Waals surface area contributed by atoms with Crippen molar-refractivity contribution in [2.24, 2.45) is 0 Å². The lowest BCUT2D eigenvalue weighted by molar-refractivity contribution is -0.138. The van der Waals surface area contributed by atoms with Crippen LogP contribution in [0.15, 0.2) is 18.2 Å². The Balaban J connectivity index is 1.89. The van der Waals surface area contributed by atoms with E-state index in [4.69, 9.17) is 9.84 Å². The van der Waals surface area contributed by atoms with Gasteiger partial charge in [-0.2, -0.15) is 11.8 Å². The van der Waals surface area contributed by atoms with Gasteiger partial charge in [0.15, 0.2) is 0 Å². The number of thioether (sulfide) groups is 1. The summed E-state index contributed by atoms with van der Waals surface area (Å²) in [6.07, 6.45) is -0.0731. The fourth-order valence-corrected chi connectivity index (χ4v) is 4.26. The summed E-state index contributed by atoms with van der Waals surface area (Å²) in [7, 11) is 1.51. The second-order valence-corrected chi connectivity index (χ2v) is 7.25. The predicted molar refractivity (Wildman–Crippen MR) is 98.1 cm³/mol. The van der Waals surface area contributed by atoms with Crippen molar-refractivity contribution in [1.29, 1.82) is 0 Å². The Labute approximate surface area is 155 Å². The highest BCUT2D eigenvalue weighted by Gasteiger charge is 2.31. The van der Waals surface area contributed by atoms with Gasteiger partial charge in [0, 0.05) is 36.7 Å². The number of hydrogen-bond donors (Lipinski definition) is 2. The molecule has 2 heterocycles. The fraction of sp³-hybridized carbons (Fsp3) is 0.471. The van der Waals surface area contributed by atoms with Crippen LogP contribution < -0.4 is 15.0 Å². The standard InChI is InChI=1S/C17H21N3O5S/c1-25-14-3-2-11(8-13(14)20-5-4-18-17(20)24)16(23)19-6-7-26-10-12(19)9-15(21)22/h2-3,8,12H,4-7,9-10H2,1H3,(H,18,24)(H,21,22). The summed E-state index contributed by atoms with van der Waals surface area (Å²) in [5, 5.41) is 11.8. The molecule has 3 amide bonds. The van der Waals surface area contributed by atoms with Crippen molar-refractivity contribution in [3.8, 4) is 5.75 Å². The van der Waals surface area contributed by atoms with Crippen molar-refractivity contribution in [2.75, 3.05) is 43.1 Å². The van der Waals surface area contributed by atoms with E-state index in [2.05, 4.69) is 5.32 Å². The molecule has 0 spiro atoms. The number of rotatable bonds is 5. The number of carbonyl (C=O) groups is 3. The molecule has 2 N–H and O–H groups in total. The number of anilines is 1. The van der Waals surface area contributed by atoms with Gasteiger partial charge in [-0.1, -0.05) is 0 Å². The van der Waals surface area contributed by atoms with Crippen molar-refractivity contribution in [1.82, 2.24) is 10.2 Å². The normalized spacial score (nSPS) is 20.0. The first-order valence-electron chi connectivity index (χ1n) is 8.35. The van der Waals surface area contributed by atoms with Gasteiger partial charge in [-0.15, -0.1) is 0 Å². The summed E-state index contributed by atoms with van der Waals surface area (Å²) in [5.74, 6) is 0.754. The summed E-state index contributed by atoms with van der Waals surface area (Å²) in [5.41, 5.74) is 0.956. The molecule has 8 nitrogen and oxygen atoms in total. The SMILES string of the molecule is COc1ccc(C(=O)N2CCSCC2CC(=O)O)cc1N1CCNC1=O. The van der Waals surface area contributed by atoms with Crippen LogP contribution in [0.3, 0.4) is 0 Å². The van der Waals surface area contributed by atoms with E-state index in [0.717, 1.165) is 5.75 Å². The van der Waals surface area contributed by atoms with Crippen molar-refractivity contribution in [2.45, 2.75) is 12.5 Å². The Morgan fingerprint density at radius 3 is 2.85 bits per heavy atom. The summed E-state index contributed by atoms with van der Waals surface area (Å²) < 4.78 is 5.33. The smallest absolute Gasteiger partial charge is 0.322 e. The van der Waals surface area contributed by atoms with Gasteiger partial charge in [0.05, 0.1) is 25.3 Å². The van der Waals surface area contributed by atoms with Gasteiger partial charge in [-0.25, -0.2) is 4.79 Å². The Hall–Kier alpha value is -2.42. The molecule has 0 saturated carbocycles. The minimum atomic E-state index is -0.917. The molecule has 1 aromatic carbocycles. The Morgan fingerprint density at radius 1 is 1.38 bits per heavy atom. The highest BCUT2D eigenvalue weighted by molar-refractivity contribution is 7.99. The van der Waals surface area contributed by atoms with E-state index in [1.165, 1.54) is 12.0 Å². The number of carbonyl (C=O) groups excluding carboxylic acids is 2. The van der Waals surface area contributed by atoms with Crippen LogP contribution in [-0.2, 0) is 4.79 Å². The minimum Gasteiger partial charge on any atom is -0.495 e. The average Bonchev–Trinajstić information content (AvgIpc) is 3.06. The maximum absolute atomic E-state index is 13.0. The molecule has 0 aromatic heterocycles. The number of carboxylic acid groups (broad SMARTS) is 1. The zero-order valence-electron chi connectivity index (χ0n) is 14.4. The Morgan fingerprint density at radius 2 is 2.19 bits per heavy atom. The maximum Gasteiger partial charge on any atom is 0.322 e. The predicted octanol–water partition coefficient (Wildman–Crippen LogP) is 1.26. The average molecular weight is 379 g/mol. The van der Waals surface area contributed by atoms with Crippen LogP contribution in [0.5, 0.6) is 5.75 Å². The van der Waals surface area contributed by atoms with Gasteiger partial charge in [0.1, 0.15) is 5.75 Å². The quantitative estimate of drug-likeness (QED) is 0.799. The van der Waals surface area contributed by atoms with Gasteiger partial charge in [0.25, 0.3) is 5.91 Å². The molecule has 0 bridgehead atoms. The third kappa shape index (κ3) is 3.72. The topological polar surface area (TPSA) is 99.2 Å². The molecule has 2 saturated heterocycles. The third-order valence-electron chi connectivity index (χ3n) is 4.47. The first-order valence-corrected chi connectivity index (χ1v) is 9.50. The molecule has 2 aliphatic heterocycles. The molecular weight excluding hydrogens is 358 g/mol. The minimum absolute atomic E-state index is 0.0731. The number of carboxylic acids is 1. The lowest BCUT2D eigenvalue weighted by Crippen LogP contribution is -2.47. The molecule has 1 unspecified atom stereocenters. The summed E-state index contributed by atoms with van der Waals surface area (Å²) in [6, 6.07) is 4.40. The summed E-state index contributed by atoms with van der Waals surface area (Å²) in [6.45, 7) is 1.53. The zero-order valence-corrected chi connectivity index (χ0v) is 15.3. The number of ether oxygens (including phenoxy) is 1.